The summed E-state index contributed by atoms with van der Waals surface area (Å²) in [5.41, 5.74) is 2.81. The van der Waals surface area contributed by atoms with E-state index in [0.29, 0.717) is 6.04 Å². The molecule has 1 aromatic rings. The predicted octanol–water partition coefficient (Wildman–Crippen LogP) is 3.20. The largest absolute Gasteiger partial charge is 0.310 e. The van der Waals surface area contributed by atoms with Crippen molar-refractivity contribution in [3.05, 3.63) is 35.4 Å². The molecule has 1 aromatic carbocycles. The van der Waals surface area contributed by atoms with Crippen LogP contribution in [-0.4, -0.2) is 6.54 Å². The molecule has 0 aliphatic carbocycles. The molecule has 1 fully saturated rings. The number of aryl methyl sites for hydroxylation is 1. The smallest absolute Gasteiger partial charge is 0.0320 e. The Morgan fingerprint density at radius 1 is 1.07 bits per heavy atom. The van der Waals surface area contributed by atoms with Gasteiger partial charge in [-0.1, -0.05) is 42.7 Å². The third-order valence-corrected chi connectivity index (χ3v) is 3.04. The summed E-state index contributed by atoms with van der Waals surface area (Å²) in [6, 6.07) is 9.54. The zero-order valence-corrected chi connectivity index (χ0v) is 8.92. The summed E-state index contributed by atoms with van der Waals surface area (Å²) in [4.78, 5) is 0. The highest BCUT2D eigenvalue weighted by Gasteiger charge is 2.12. The summed E-state index contributed by atoms with van der Waals surface area (Å²) in [5.74, 6) is 0. The van der Waals surface area contributed by atoms with Crippen LogP contribution >= 0.6 is 0 Å². The first-order valence-corrected chi connectivity index (χ1v) is 5.66. The fraction of sp³-hybridized carbons (Fsp3) is 0.538. The lowest BCUT2D eigenvalue weighted by molar-refractivity contribution is 0.535. The van der Waals surface area contributed by atoms with Gasteiger partial charge in [0, 0.05) is 6.04 Å². The lowest BCUT2D eigenvalue weighted by Gasteiger charge is -2.16. The van der Waals surface area contributed by atoms with Crippen LogP contribution in [0.3, 0.4) is 0 Å². The summed E-state index contributed by atoms with van der Waals surface area (Å²) in [6.07, 6.45) is 5.38. The van der Waals surface area contributed by atoms with Gasteiger partial charge in [-0.3, -0.25) is 0 Å². The second-order valence-electron chi connectivity index (χ2n) is 4.27. The molecule has 0 spiro atoms. The van der Waals surface area contributed by atoms with Crippen molar-refractivity contribution >= 4 is 0 Å². The second-order valence-corrected chi connectivity index (χ2v) is 4.27. The fourth-order valence-electron chi connectivity index (χ4n) is 2.11. The molecule has 0 unspecified atom stereocenters. The average molecular weight is 189 g/mol. The number of hydrogen-bond acceptors (Lipinski definition) is 1. The molecule has 1 aliphatic heterocycles. The molecular formula is C13H19N. The van der Waals surface area contributed by atoms with Crippen LogP contribution in [-0.2, 0) is 0 Å². The standard InChI is InChI=1S/C13H19N/c1-11-6-8-12(9-7-11)13-5-3-2-4-10-14-13/h6-9,13-14H,2-5,10H2,1H3/t13-/m0/s1. The maximum Gasteiger partial charge on any atom is 0.0320 e. The Morgan fingerprint density at radius 2 is 1.86 bits per heavy atom. The molecule has 1 nitrogen and oxygen atoms in total. The van der Waals surface area contributed by atoms with Crippen molar-refractivity contribution < 1.29 is 0 Å². The minimum atomic E-state index is 0.595. The summed E-state index contributed by atoms with van der Waals surface area (Å²) in [7, 11) is 0. The summed E-state index contributed by atoms with van der Waals surface area (Å²) in [6.45, 7) is 3.32. The molecular weight excluding hydrogens is 170 g/mol. The molecule has 0 radical (unpaired) electrons. The van der Waals surface area contributed by atoms with Gasteiger partial charge in [-0.2, -0.15) is 0 Å². The van der Waals surface area contributed by atoms with E-state index in [0.717, 1.165) is 0 Å². The molecule has 14 heavy (non-hydrogen) atoms. The van der Waals surface area contributed by atoms with E-state index < -0.39 is 0 Å². The zero-order chi connectivity index (χ0) is 9.80. The van der Waals surface area contributed by atoms with E-state index in [9.17, 15) is 0 Å². The van der Waals surface area contributed by atoms with Crippen molar-refractivity contribution in [2.24, 2.45) is 0 Å². The Balaban J connectivity index is 2.08. The van der Waals surface area contributed by atoms with Crippen molar-refractivity contribution in [3.8, 4) is 0 Å². The van der Waals surface area contributed by atoms with E-state index in [1.54, 1.807) is 0 Å². The van der Waals surface area contributed by atoms with Crippen LogP contribution in [0.1, 0.15) is 42.9 Å². The van der Waals surface area contributed by atoms with Crippen LogP contribution in [0.5, 0.6) is 0 Å². The molecule has 0 bridgehead atoms. The van der Waals surface area contributed by atoms with Gasteiger partial charge in [0.05, 0.1) is 0 Å². The fourth-order valence-corrected chi connectivity index (χ4v) is 2.11. The van der Waals surface area contributed by atoms with E-state index in [1.165, 1.54) is 43.4 Å². The average Bonchev–Trinajstić information content (AvgIpc) is 2.47. The highest BCUT2D eigenvalue weighted by molar-refractivity contribution is 5.24. The highest BCUT2D eigenvalue weighted by Crippen LogP contribution is 2.22. The van der Waals surface area contributed by atoms with Gasteiger partial charge in [-0.25, -0.2) is 0 Å². The van der Waals surface area contributed by atoms with Gasteiger partial charge in [0.1, 0.15) is 0 Å². The quantitative estimate of drug-likeness (QED) is 0.715. The van der Waals surface area contributed by atoms with E-state index in [4.69, 9.17) is 0 Å². The van der Waals surface area contributed by atoms with E-state index in [-0.39, 0.29) is 0 Å². The number of hydrogen-bond donors (Lipinski definition) is 1. The maximum absolute atomic E-state index is 3.62. The van der Waals surface area contributed by atoms with Crippen LogP contribution in [0.4, 0.5) is 0 Å². The van der Waals surface area contributed by atoms with Gasteiger partial charge in [0.25, 0.3) is 0 Å². The SMILES string of the molecule is Cc1ccc([C@@H]2CCCCCN2)cc1. The van der Waals surface area contributed by atoms with Gasteiger partial charge in [-0.15, -0.1) is 0 Å². The minimum absolute atomic E-state index is 0.595. The summed E-state index contributed by atoms with van der Waals surface area (Å²) >= 11 is 0. The molecule has 2 rings (SSSR count). The summed E-state index contributed by atoms with van der Waals surface area (Å²) in [5, 5.41) is 3.62. The molecule has 0 aromatic heterocycles. The Kier molecular flexibility index (Phi) is 3.20. The zero-order valence-electron chi connectivity index (χ0n) is 8.92. The second kappa shape index (κ2) is 4.61. The third-order valence-electron chi connectivity index (χ3n) is 3.04. The molecule has 1 heterocycles. The molecule has 1 aliphatic rings. The molecule has 1 atom stereocenters. The first-order chi connectivity index (χ1) is 6.86. The number of rotatable bonds is 1. The Bertz CT molecular complexity index is 268. The number of nitrogens with one attached hydrogen (secondary N) is 1. The molecule has 1 heteroatoms. The molecule has 1 N–H and O–H groups in total. The lowest BCUT2D eigenvalue weighted by Crippen LogP contribution is -2.20. The Morgan fingerprint density at radius 3 is 2.64 bits per heavy atom. The number of benzene rings is 1. The van der Waals surface area contributed by atoms with Crippen molar-refractivity contribution in [2.75, 3.05) is 6.54 Å². The molecule has 0 amide bonds. The minimum Gasteiger partial charge on any atom is -0.310 e. The van der Waals surface area contributed by atoms with Crippen LogP contribution in [0.15, 0.2) is 24.3 Å². The van der Waals surface area contributed by atoms with Crippen LogP contribution in [0.2, 0.25) is 0 Å². The first-order valence-electron chi connectivity index (χ1n) is 5.66. The first kappa shape index (κ1) is 9.72. The van der Waals surface area contributed by atoms with Crippen molar-refractivity contribution in [2.45, 2.75) is 38.6 Å². The van der Waals surface area contributed by atoms with Crippen LogP contribution < -0.4 is 5.32 Å². The topological polar surface area (TPSA) is 12.0 Å². The normalized spacial score (nSPS) is 23.1. The van der Waals surface area contributed by atoms with Gasteiger partial charge in [0.2, 0.25) is 0 Å². The maximum atomic E-state index is 3.62. The van der Waals surface area contributed by atoms with Crippen molar-refractivity contribution in [1.29, 1.82) is 0 Å². The molecule has 76 valence electrons. The van der Waals surface area contributed by atoms with Crippen molar-refractivity contribution in [3.63, 3.8) is 0 Å². The van der Waals surface area contributed by atoms with E-state index in [1.807, 2.05) is 0 Å². The van der Waals surface area contributed by atoms with Crippen molar-refractivity contribution in [1.82, 2.24) is 5.32 Å². The van der Waals surface area contributed by atoms with Gasteiger partial charge in [0.15, 0.2) is 0 Å². The van der Waals surface area contributed by atoms with Crippen LogP contribution in [0, 0.1) is 6.92 Å². The van der Waals surface area contributed by atoms with E-state index >= 15 is 0 Å². The summed E-state index contributed by atoms with van der Waals surface area (Å²) < 4.78 is 0. The van der Waals surface area contributed by atoms with E-state index in [2.05, 4.69) is 36.5 Å². The molecule has 0 saturated carbocycles. The highest BCUT2D eigenvalue weighted by atomic mass is 14.9. The molecule has 1 saturated heterocycles. The third kappa shape index (κ3) is 2.36. The lowest BCUT2D eigenvalue weighted by atomic mass is 10.0. The Labute approximate surface area is 86.5 Å². The van der Waals surface area contributed by atoms with Crippen LogP contribution in [0.25, 0.3) is 0 Å². The van der Waals surface area contributed by atoms with Gasteiger partial charge < -0.3 is 5.32 Å². The van der Waals surface area contributed by atoms with Gasteiger partial charge >= 0.3 is 0 Å². The predicted molar refractivity (Wildman–Crippen MR) is 60.4 cm³/mol. The Hall–Kier alpha value is -0.820. The van der Waals surface area contributed by atoms with Gasteiger partial charge in [-0.05, 0) is 31.9 Å². The monoisotopic (exact) mass is 189 g/mol.